The first kappa shape index (κ1) is 26.0. The van der Waals surface area contributed by atoms with Gasteiger partial charge in [-0.2, -0.15) is 0 Å². The van der Waals surface area contributed by atoms with Crippen LogP contribution in [-0.2, 0) is 32.4 Å². The summed E-state index contributed by atoms with van der Waals surface area (Å²) in [6.07, 6.45) is 1.03. The first-order chi connectivity index (χ1) is 16.2. The van der Waals surface area contributed by atoms with Crippen molar-refractivity contribution in [1.82, 2.24) is 0 Å². The average molecular weight is 485 g/mol. The van der Waals surface area contributed by atoms with Crippen molar-refractivity contribution in [3.05, 3.63) is 107 Å². The summed E-state index contributed by atoms with van der Waals surface area (Å²) < 4.78 is 11.1. The third kappa shape index (κ3) is 5.72. The van der Waals surface area contributed by atoms with E-state index in [1.807, 2.05) is 44.2 Å². The monoisotopic (exact) mass is 484 g/mol. The van der Waals surface area contributed by atoms with Gasteiger partial charge < -0.3 is 0 Å². The topological polar surface area (TPSA) is 96.2 Å². The summed E-state index contributed by atoms with van der Waals surface area (Å²) in [4.78, 5) is 48.1. The van der Waals surface area contributed by atoms with Crippen LogP contribution < -0.4 is 0 Å². The summed E-state index contributed by atoms with van der Waals surface area (Å²) in [6.45, 7) is 3.49. The summed E-state index contributed by atoms with van der Waals surface area (Å²) in [6, 6.07) is 24.6. The van der Waals surface area contributed by atoms with Gasteiger partial charge in [0.15, 0.2) is 0 Å². The van der Waals surface area contributed by atoms with E-state index in [0.717, 1.165) is 11.1 Å². The maximum atomic E-state index is 13.7. The van der Waals surface area contributed by atoms with Gasteiger partial charge in [-0.25, -0.2) is 0 Å². The fraction of sp³-hybridized carbons (Fsp3) is 0.296. The predicted molar refractivity (Wildman–Crippen MR) is 133 cm³/mol. The van der Waals surface area contributed by atoms with E-state index in [-0.39, 0.29) is 25.2 Å². The van der Waals surface area contributed by atoms with E-state index in [0.29, 0.717) is 18.4 Å². The molecule has 1 unspecified atom stereocenters. The molecule has 0 aliphatic carbocycles. The number of benzene rings is 3. The number of carbonyl (C=O) groups is 1. The zero-order valence-corrected chi connectivity index (χ0v) is 20.5. The van der Waals surface area contributed by atoms with Gasteiger partial charge in [-0.15, -0.1) is 0 Å². The first-order valence-corrected chi connectivity index (χ1v) is 13.4. The molecule has 34 heavy (non-hydrogen) atoms. The molecular formula is C27H33O6P. The molecule has 3 aromatic rings. The van der Waals surface area contributed by atoms with Gasteiger partial charge in [-0.05, 0) is 0 Å². The molecule has 0 aromatic heterocycles. The summed E-state index contributed by atoms with van der Waals surface area (Å²) in [7, 11) is -6.14. The van der Waals surface area contributed by atoms with Crippen molar-refractivity contribution < 1.29 is 28.7 Å². The molecule has 0 heterocycles. The standard InChI is InChI=1S/C27H33O6P/c1-3-4-19-27(25-13-9-6-10-14-25,26(28)32-20-23-11-7-5-8-12-23)34(29,30,31)33-21-24-17-15-22(2)16-18-24/h5-18,29-31H,3-4,19-21H2,1-2H3. The second-order valence-corrected chi connectivity index (χ2v) is 11.4. The fourth-order valence-electron chi connectivity index (χ4n) is 3.92. The Morgan fingerprint density at radius 1 is 0.824 bits per heavy atom. The molecule has 3 rings (SSSR count). The van der Waals surface area contributed by atoms with Crippen molar-refractivity contribution in [1.29, 1.82) is 0 Å². The Kier molecular flexibility index (Phi) is 8.24. The molecule has 0 aliphatic rings. The molecule has 182 valence electrons. The fourth-order valence-corrected chi connectivity index (χ4v) is 6.06. The molecule has 3 aromatic carbocycles. The van der Waals surface area contributed by atoms with Gasteiger partial charge in [-0.1, -0.05) is 0 Å². The minimum absolute atomic E-state index is 0.0592. The Hall–Kier alpha value is -2.60. The Morgan fingerprint density at radius 3 is 1.97 bits per heavy atom. The van der Waals surface area contributed by atoms with Crippen LogP contribution in [-0.4, -0.2) is 20.6 Å². The average Bonchev–Trinajstić information content (AvgIpc) is 2.84. The third-order valence-electron chi connectivity index (χ3n) is 5.95. The van der Waals surface area contributed by atoms with Crippen molar-refractivity contribution in [3.63, 3.8) is 0 Å². The molecule has 0 aliphatic heterocycles. The molecule has 0 saturated heterocycles. The second-order valence-electron chi connectivity index (χ2n) is 8.56. The SMILES string of the molecule is CCCCC(C(=O)OCc1ccccc1)(c1ccccc1)P(O)(O)(O)OCc1ccc(C)cc1. The van der Waals surface area contributed by atoms with Crippen LogP contribution in [0, 0.1) is 6.92 Å². The number of carbonyl (C=O) groups excluding carboxylic acids is 1. The van der Waals surface area contributed by atoms with Crippen LogP contribution in [0.4, 0.5) is 0 Å². The van der Waals surface area contributed by atoms with E-state index < -0.39 is 18.6 Å². The Bertz CT molecular complexity index is 1060. The molecule has 0 saturated carbocycles. The summed E-state index contributed by atoms with van der Waals surface area (Å²) in [5.41, 5.74) is 2.63. The number of ether oxygens (including phenoxy) is 1. The number of hydrogen-bond acceptors (Lipinski definition) is 6. The molecule has 7 heteroatoms. The van der Waals surface area contributed by atoms with Crippen LogP contribution in [0.5, 0.6) is 0 Å². The van der Waals surface area contributed by atoms with Crippen molar-refractivity contribution in [3.8, 4) is 0 Å². The second kappa shape index (κ2) is 10.8. The third-order valence-corrected chi connectivity index (χ3v) is 8.56. The summed E-state index contributed by atoms with van der Waals surface area (Å²) in [5, 5.41) is -2.19. The summed E-state index contributed by atoms with van der Waals surface area (Å²) in [5.74, 6) is -0.940. The number of rotatable bonds is 11. The van der Waals surface area contributed by atoms with E-state index in [9.17, 15) is 19.5 Å². The van der Waals surface area contributed by atoms with Gasteiger partial charge in [-0.3, -0.25) is 0 Å². The zero-order chi connectivity index (χ0) is 24.7. The van der Waals surface area contributed by atoms with Gasteiger partial charge in [0.2, 0.25) is 0 Å². The van der Waals surface area contributed by atoms with Crippen LogP contribution in [0.15, 0.2) is 84.9 Å². The Labute approximate surface area is 201 Å². The zero-order valence-electron chi connectivity index (χ0n) is 19.6. The van der Waals surface area contributed by atoms with Crippen molar-refractivity contribution in [2.45, 2.75) is 51.5 Å². The number of aryl methyl sites for hydroxylation is 1. The molecule has 0 radical (unpaired) electrons. The molecule has 6 nitrogen and oxygen atoms in total. The maximum absolute atomic E-state index is 13.7. The molecule has 0 spiro atoms. The van der Waals surface area contributed by atoms with E-state index in [1.54, 1.807) is 54.6 Å². The number of hydrogen-bond donors (Lipinski definition) is 3. The molecule has 0 fully saturated rings. The quantitative estimate of drug-likeness (QED) is 0.245. The minimum atomic E-state index is -6.14. The van der Waals surface area contributed by atoms with Crippen molar-refractivity contribution >= 4 is 13.5 Å². The van der Waals surface area contributed by atoms with Crippen molar-refractivity contribution in [2.24, 2.45) is 0 Å². The summed E-state index contributed by atoms with van der Waals surface area (Å²) >= 11 is 0. The van der Waals surface area contributed by atoms with Gasteiger partial charge in [0.25, 0.3) is 0 Å². The van der Waals surface area contributed by atoms with Crippen LogP contribution in [0.1, 0.15) is 48.4 Å². The van der Waals surface area contributed by atoms with Crippen LogP contribution >= 0.6 is 7.51 Å². The van der Waals surface area contributed by atoms with Gasteiger partial charge in [0.05, 0.1) is 0 Å². The Balaban J connectivity index is 2.03. The number of unbranched alkanes of at least 4 members (excludes halogenated alkanes) is 1. The first-order valence-electron chi connectivity index (χ1n) is 11.4. The Morgan fingerprint density at radius 2 is 1.38 bits per heavy atom. The molecule has 0 bridgehead atoms. The van der Waals surface area contributed by atoms with E-state index in [1.165, 1.54) is 0 Å². The number of esters is 1. The van der Waals surface area contributed by atoms with Gasteiger partial charge in [0.1, 0.15) is 0 Å². The van der Waals surface area contributed by atoms with Crippen LogP contribution in [0.2, 0.25) is 0 Å². The molecule has 1 atom stereocenters. The van der Waals surface area contributed by atoms with Gasteiger partial charge in [0, 0.05) is 0 Å². The van der Waals surface area contributed by atoms with E-state index in [4.69, 9.17) is 9.26 Å². The molecular weight excluding hydrogens is 451 g/mol. The van der Waals surface area contributed by atoms with Crippen molar-refractivity contribution in [2.75, 3.05) is 0 Å². The normalized spacial score (nSPS) is 14.6. The molecule has 0 amide bonds. The predicted octanol–water partition coefficient (Wildman–Crippen LogP) is 5.53. The van der Waals surface area contributed by atoms with Crippen LogP contribution in [0.25, 0.3) is 0 Å². The van der Waals surface area contributed by atoms with E-state index in [2.05, 4.69) is 0 Å². The molecule has 3 N–H and O–H groups in total. The van der Waals surface area contributed by atoms with Gasteiger partial charge >= 0.3 is 201 Å². The van der Waals surface area contributed by atoms with Crippen LogP contribution in [0.3, 0.4) is 0 Å². The van der Waals surface area contributed by atoms with E-state index >= 15 is 0 Å².